The van der Waals surface area contributed by atoms with Gasteiger partial charge in [0.15, 0.2) is 0 Å². The Kier molecular flexibility index (Phi) is 5.44. The van der Waals surface area contributed by atoms with Gasteiger partial charge in [-0.05, 0) is 58.6 Å². The van der Waals surface area contributed by atoms with Crippen molar-refractivity contribution < 1.29 is 13.5 Å². The number of aromatic nitrogens is 1. The number of halogens is 2. The maximum atomic E-state index is 14.5. The molecule has 0 amide bonds. The van der Waals surface area contributed by atoms with E-state index in [0.717, 1.165) is 22.5 Å². The summed E-state index contributed by atoms with van der Waals surface area (Å²) in [7, 11) is 0. The monoisotopic (exact) mass is 397 g/mol. The molecule has 4 rings (SSSR count). The lowest BCUT2D eigenvalue weighted by Crippen LogP contribution is -2.39. The fourth-order valence-corrected chi connectivity index (χ4v) is 4.15. The Balaban J connectivity index is 1.85. The number of morpholine rings is 1. The molecular formula is C21H17F2N3OS. The second kappa shape index (κ2) is 8.15. The van der Waals surface area contributed by atoms with E-state index < -0.39 is 11.6 Å². The number of hydrogen-bond acceptors (Lipinski definition) is 5. The first-order valence-corrected chi connectivity index (χ1v) is 9.69. The Hall–Kier alpha value is -2.66. The van der Waals surface area contributed by atoms with E-state index in [0.29, 0.717) is 30.7 Å². The molecule has 0 bridgehead atoms. The highest BCUT2D eigenvalue weighted by molar-refractivity contribution is 7.09. The summed E-state index contributed by atoms with van der Waals surface area (Å²) in [6.45, 7) is 2.11. The van der Waals surface area contributed by atoms with Crippen LogP contribution in [0.15, 0.2) is 42.6 Å². The predicted octanol–water partition coefficient (Wildman–Crippen LogP) is 4.16. The number of nitriles is 1. The minimum atomic E-state index is -0.624. The van der Waals surface area contributed by atoms with Gasteiger partial charge in [0.05, 0.1) is 23.2 Å². The van der Waals surface area contributed by atoms with E-state index in [1.165, 1.54) is 35.8 Å². The Morgan fingerprint density at radius 1 is 1.25 bits per heavy atom. The van der Waals surface area contributed by atoms with Gasteiger partial charge >= 0.3 is 0 Å². The molecule has 0 aliphatic carbocycles. The van der Waals surface area contributed by atoms with Crippen LogP contribution in [0, 0.1) is 23.0 Å². The van der Waals surface area contributed by atoms with Crippen LogP contribution in [0.25, 0.3) is 21.6 Å². The molecule has 2 aromatic carbocycles. The van der Waals surface area contributed by atoms with Crippen molar-refractivity contribution in [2.45, 2.75) is 12.5 Å². The van der Waals surface area contributed by atoms with E-state index in [4.69, 9.17) is 10.00 Å². The number of ether oxygens (including phenoxy) is 1. The van der Waals surface area contributed by atoms with Crippen molar-refractivity contribution in [2.24, 2.45) is 0 Å². The molecule has 1 saturated heterocycles. The Morgan fingerprint density at radius 3 is 2.82 bits per heavy atom. The summed E-state index contributed by atoms with van der Waals surface area (Å²) in [5.74, 6) is -1.02. The molecule has 0 saturated carbocycles. The molecule has 28 heavy (non-hydrogen) atoms. The van der Waals surface area contributed by atoms with E-state index >= 15 is 0 Å². The van der Waals surface area contributed by atoms with Crippen molar-refractivity contribution in [3.05, 3.63) is 65.4 Å². The largest absolute Gasteiger partial charge is 0.375 e. The van der Waals surface area contributed by atoms with Crippen molar-refractivity contribution in [3.8, 4) is 27.6 Å². The van der Waals surface area contributed by atoms with Crippen LogP contribution < -0.4 is 5.32 Å². The summed E-state index contributed by atoms with van der Waals surface area (Å²) < 4.78 is 38.7. The molecule has 0 spiro atoms. The van der Waals surface area contributed by atoms with Crippen LogP contribution in [0.2, 0.25) is 0 Å². The molecular weight excluding hydrogens is 380 g/mol. The smallest absolute Gasteiger partial charge is 0.141 e. The van der Waals surface area contributed by atoms with E-state index in [1.807, 2.05) is 12.1 Å². The highest BCUT2D eigenvalue weighted by Gasteiger charge is 2.21. The van der Waals surface area contributed by atoms with E-state index in [2.05, 4.69) is 9.69 Å². The Labute approximate surface area is 165 Å². The van der Waals surface area contributed by atoms with Crippen LogP contribution >= 0.6 is 11.5 Å². The van der Waals surface area contributed by atoms with Crippen LogP contribution in [0.3, 0.4) is 0 Å². The number of nitrogens with zero attached hydrogens (tertiary/aromatic N) is 2. The summed E-state index contributed by atoms with van der Waals surface area (Å²) >= 11 is 1.30. The quantitative estimate of drug-likeness (QED) is 0.718. The third-order valence-corrected chi connectivity index (χ3v) is 5.49. The third kappa shape index (κ3) is 3.80. The normalized spacial score (nSPS) is 16.7. The maximum Gasteiger partial charge on any atom is 0.141 e. The number of hydrogen-bond donors (Lipinski definition) is 1. The van der Waals surface area contributed by atoms with Gasteiger partial charge in [-0.3, -0.25) is 0 Å². The van der Waals surface area contributed by atoms with Crippen molar-refractivity contribution >= 4 is 11.5 Å². The Morgan fingerprint density at radius 2 is 2.14 bits per heavy atom. The molecule has 1 aliphatic rings. The second-order valence-corrected chi connectivity index (χ2v) is 7.40. The molecule has 1 aliphatic heterocycles. The van der Waals surface area contributed by atoms with Gasteiger partial charge in [-0.15, -0.1) is 0 Å². The van der Waals surface area contributed by atoms with Crippen LogP contribution in [-0.2, 0) is 11.2 Å². The number of benzene rings is 2. The van der Waals surface area contributed by atoms with Crippen molar-refractivity contribution in [1.82, 2.24) is 9.69 Å². The molecule has 1 aromatic heterocycles. The van der Waals surface area contributed by atoms with E-state index in [1.54, 1.807) is 12.3 Å². The number of nitrogens with one attached hydrogen (secondary N) is 1. The molecule has 7 heteroatoms. The third-order valence-electron chi connectivity index (χ3n) is 4.72. The van der Waals surface area contributed by atoms with Gasteiger partial charge in [-0.1, -0.05) is 6.07 Å². The topological polar surface area (TPSA) is 57.9 Å². The van der Waals surface area contributed by atoms with Gasteiger partial charge in [-0.2, -0.15) is 5.26 Å². The van der Waals surface area contributed by atoms with Crippen LogP contribution in [0.1, 0.15) is 11.1 Å². The molecule has 1 atom stereocenters. The van der Waals surface area contributed by atoms with Crippen molar-refractivity contribution in [2.75, 3.05) is 19.7 Å². The SMILES string of the molecule is N#Cc1ccc(-c2cc(F)cc(C[C@@H]3CNCCO3)c2-c2ccns2)cc1F. The molecule has 1 fully saturated rings. The van der Waals surface area contributed by atoms with Gasteiger partial charge in [0, 0.05) is 31.3 Å². The van der Waals surface area contributed by atoms with Crippen LogP contribution in [-0.4, -0.2) is 30.2 Å². The number of rotatable bonds is 4. The summed E-state index contributed by atoms with van der Waals surface area (Å²) in [5, 5.41) is 12.3. The lowest BCUT2D eigenvalue weighted by molar-refractivity contribution is 0.0293. The molecule has 4 nitrogen and oxygen atoms in total. The molecule has 2 heterocycles. The minimum Gasteiger partial charge on any atom is -0.375 e. The van der Waals surface area contributed by atoms with Crippen molar-refractivity contribution in [3.63, 3.8) is 0 Å². The van der Waals surface area contributed by atoms with Gasteiger partial charge in [0.25, 0.3) is 0 Å². The standard InChI is InChI=1S/C21H17F2N3OS/c22-16-7-15(8-17-12-25-5-6-27-17)21(20-3-4-26-28-20)18(10-16)13-1-2-14(11-24)19(23)9-13/h1-4,7,9-10,17,25H,5-6,8,12H2/t17-/m1/s1. The first kappa shape index (κ1) is 18.7. The zero-order chi connectivity index (χ0) is 19.5. The summed E-state index contributed by atoms with van der Waals surface area (Å²) in [5.41, 5.74) is 2.66. The average molecular weight is 397 g/mol. The van der Waals surface area contributed by atoms with Gasteiger partial charge < -0.3 is 10.1 Å². The first-order chi connectivity index (χ1) is 13.7. The molecule has 142 valence electrons. The van der Waals surface area contributed by atoms with Gasteiger partial charge in [-0.25, -0.2) is 13.2 Å². The lowest BCUT2D eigenvalue weighted by atomic mass is 9.91. The second-order valence-electron chi connectivity index (χ2n) is 6.57. The first-order valence-electron chi connectivity index (χ1n) is 8.91. The maximum absolute atomic E-state index is 14.5. The fourth-order valence-electron chi connectivity index (χ4n) is 3.46. The zero-order valence-corrected chi connectivity index (χ0v) is 15.7. The molecule has 1 N–H and O–H groups in total. The molecule has 0 unspecified atom stereocenters. The molecule has 0 radical (unpaired) electrons. The predicted molar refractivity (Wildman–Crippen MR) is 104 cm³/mol. The fraction of sp³-hybridized carbons (Fsp3) is 0.238. The zero-order valence-electron chi connectivity index (χ0n) is 14.9. The van der Waals surface area contributed by atoms with E-state index in [-0.39, 0.29) is 11.7 Å². The van der Waals surface area contributed by atoms with Crippen LogP contribution in [0.5, 0.6) is 0 Å². The molecule has 3 aromatic rings. The van der Waals surface area contributed by atoms with Crippen LogP contribution in [0.4, 0.5) is 8.78 Å². The van der Waals surface area contributed by atoms with Gasteiger partial charge in [0.2, 0.25) is 0 Å². The minimum absolute atomic E-state index is 0.0404. The summed E-state index contributed by atoms with van der Waals surface area (Å²) in [6.07, 6.45) is 2.16. The van der Waals surface area contributed by atoms with Gasteiger partial charge in [0.1, 0.15) is 17.7 Å². The Bertz CT molecular complexity index is 1020. The highest BCUT2D eigenvalue weighted by Crippen LogP contribution is 2.38. The van der Waals surface area contributed by atoms with E-state index in [9.17, 15) is 8.78 Å². The average Bonchev–Trinajstić information content (AvgIpc) is 3.22. The highest BCUT2D eigenvalue weighted by atomic mass is 32.1. The summed E-state index contributed by atoms with van der Waals surface area (Å²) in [4.78, 5) is 0.874. The van der Waals surface area contributed by atoms with Crippen molar-refractivity contribution in [1.29, 1.82) is 5.26 Å². The summed E-state index contributed by atoms with van der Waals surface area (Å²) in [6, 6.07) is 10.9. The lowest BCUT2D eigenvalue weighted by Gasteiger charge is -2.25.